The summed E-state index contributed by atoms with van der Waals surface area (Å²) in [6, 6.07) is 14.0. The monoisotopic (exact) mass is 425 g/mol. The number of hydrogen-bond acceptors (Lipinski definition) is 6. The molecule has 1 N–H and O–H groups in total. The predicted molar refractivity (Wildman–Crippen MR) is 122 cm³/mol. The SMILES string of the molecule is COc1ccc(NC2CCCN(C(=O)c3cccc(N4CCOCC4)c3)C2)cc1OC. The molecule has 166 valence electrons. The second-order valence-electron chi connectivity index (χ2n) is 7.95. The minimum Gasteiger partial charge on any atom is -0.493 e. The summed E-state index contributed by atoms with van der Waals surface area (Å²) in [5.41, 5.74) is 2.80. The molecule has 2 aliphatic heterocycles. The minimum atomic E-state index is 0.0916. The standard InChI is InChI=1S/C24H31N3O4/c1-29-22-9-8-19(16-23(22)30-2)25-20-6-4-10-27(17-20)24(28)18-5-3-7-21(15-18)26-11-13-31-14-12-26/h3,5,7-9,15-16,20,25H,4,6,10-14,17H2,1-2H3. The molecule has 0 saturated carbocycles. The zero-order valence-electron chi connectivity index (χ0n) is 18.3. The minimum absolute atomic E-state index is 0.0916. The molecule has 2 fully saturated rings. The summed E-state index contributed by atoms with van der Waals surface area (Å²) in [7, 11) is 3.26. The quantitative estimate of drug-likeness (QED) is 0.767. The lowest BCUT2D eigenvalue weighted by Crippen LogP contribution is -2.45. The van der Waals surface area contributed by atoms with Gasteiger partial charge in [0, 0.05) is 55.2 Å². The number of carbonyl (C=O) groups is 1. The number of methoxy groups -OCH3 is 2. The van der Waals surface area contributed by atoms with Gasteiger partial charge in [-0.25, -0.2) is 0 Å². The molecule has 7 nitrogen and oxygen atoms in total. The van der Waals surface area contributed by atoms with Gasteiger partial charge in [-0.1, -0.05) is 6.07 Å². The number of carbonyl (C=O) groups excluding carboxylic acids is 1. The number of nitrogens with one attached hydrogen (secondary N) is 1. The van der Waals surface area contributed by atoms with Crippen molar-refractivity contribution < 1.29 is 19.0 Å². The lowest BCUT2D eigenvalue weighted by Gasteiger charge is -2.34. The Hall–Kier alpha value is -2.93. The van der Waals surface area contributed by atoms with Crippen molar-refractivity contribution in [2.24, 2.45) is 0 Å². The van der Waals surface area contributed by atoms with Gasteiger partial charge in [0.1, 0.15) is 0 Å². The van der Waals surface area contributed by atoms with E-state index in [-0.39, 0.29) is 11.9 Å². The van der Waals surface area contributed by atoms with E-state index in [2.05, 4.69) is 16.3 Å². The molecule has 0 radical (unpaired) electrons. The molecule has 0 spiro atoms. The average Bonchev–Trinajstić information content (AvgIpc) is 2.84. The van der Waals surface area contributed by atoms with Gasteiger partial charge in [0.2, 0.25) is 0 Å². The first-order chi connectivity index (χ1) is 15.2. The van der Waals surface area contributed by atoms with Crippen molar-refractivity contribution in [2.75, 3.05) is 63.8 Å². The lowest BCUT2D eigenvalue weighted by atomic mass is 10.0. The van der Waals surface area contributed by atoms with Gasteiger partial charge in [0.25, 0.3) is 5.91 Å². The van der Waals surface area contributed by atoms with Crippen LogP contribution in [0, 0.1) is 0 Å². The highest BCUT2D eigenvalue weighted by atomic mass is 16.5. The van der Waals surface area contributed by atoms with Crippen molar-refractivity contribution in [2.45, 2.75) is 18.9 Å². The zero-order valence-corrected chi connectivity index (χ0v) is 18.3. The smallest absolute Gasteiger partial charge is 0.253 e. The second kappa shape index (κ2) is 9.92. The Kier molecular flexibility index (Phi) is 6.82. The van der Waals surface area contributed by atoms with E-state index in [9.17, 15) is 4.79 Å². The second-order valence-corrected chi connectivity index (χ2v) is 7.95. The first-order valence-electron chi connectivity index (χ1n) is 10.9. The molecule has 1 amide bonds. The molecule has 0 bridgehead atoms. The molecule has 31 heavy (non-hydrogen) atoms. The number of ether oxygens (including phenoxy) is 3. The fourth-order valence-electron chi connectivity index (χ4n) is 4.28. The van der Waals surface area contributed by atoms with Crippen LogP contribution in [0.3, 0.4) is 0 Å². The third-order valence-corrected chi connectivity index (χ3v) is 5.93. The summed E-state index contributed by atoms with van der Waals surface area (Å²) in [5, 5.41) is 3.55. The average molecular weight is 426 g/mol. The largest absolute Gasteiger partial charge is 0.493 e. The third-order valence-electron chi connectivity index (χ3n) is 5.93. The third kappa shape index (κ3) is 5.05. The number of likely N-dealkylation sites (tertiary alicyclic amines) is 1. The highest BCUT2D eigenvalue weighted by Gasteiger charge is 2.25. The summed E-state index contributed by atoms with van der Waals surface area (Å²) in [6.45, 7) is 4.64. The Morgan fingerprint density at radius 2 is 1.84 bits per heavy atom. The lowest BCUT2D eigenvalue weighted by molar-refractivity contribution is 0.0715. The molecule has 2 aromatic rings. The van der Waals surface area contributed by atoms with Gasteiger partial charge in [-0.05, 0) is 43.2 Å². The number of anilines is 2. The van der Waals surface area contributed by atoms with Gasteiger partial charge in [0.15, 0.2) is 11.5 Å². The number of nitrogens with zero attached hydrogens (tertiary/aromatic N) is 2. The van der Waals surface area contributed by atoms with Crippen LogP contribution < -0.4 is 19.7 Å². The molecular weight excluding hydrogens is 394 g/mol. The van der Waals surface area contributed by atoms with Gasteiger partial charge >= 0.3 is 0 Å². The number of rotatable bonds is 6. The molecule has 1 atom stereocenters. The van der Waals surface area contributed by atoms with Crippen LogP contribution in [0.15, 0.2) is 42.5 Å². The molecular formula is C24H31N3O4. The van der Waals surface area contributed by atoms with Crippen molar-refractivity contribution in [1.82, 2.24) is 4.90 Å². The fraction of sp³-hybridized carbons (Fsp3) is 0.458. The van der Waals surface area contributed by atoms with Crippen LogP contribution in [0.25, 0.3) is 0 Å². The number of morpholine rings is 1. The fourth-order valence-corrected chi connectivity index (χ4v) is 4.28. The van der Waals surface area contributed by atoms with Gasteiger partial charge in [-0.15, -0.1) is 0 Å². The molecule has 2 saturated heterocycles. The van der Waals surface area contributed by atoms with Crippen molar-refractivity contribution in [3.8, 4) is 11.5 Å². The molecule has 0 aliphatic carbocycles. The molecule has 2 heterocycles. The van der Waals surface area contributed by atoms with Crippen molar-refractivity contribution in [1.29, 1.82) is 0 Å². The molecule has 4 rings (SSSR count). The van der Waals surface area contributed by atoms with Crippen LogP contribution in [0.5, 0.6) is 11.5 Å². The normalized spacial score (nSPS) is 19.1. The van der Waals surface area contributed by atoms with Crippen LogP contribution in [0.2, 0.25) is 0 Å². The van der Waals surface area contributed by atoms with Crippen LogP contribution in [-0.2, 0) is 4.74 Å². The van der Waals surface area contributed by atoms with Crippen molar-refractivity contribution in [3.63, 3.8) is 0 Å². The maximum absolute atomic E-state index is 13.2. The maximum atomic E-state index is 13.2. The number of piperidine rings is 1. The van der Waals surface area contributed by atoms with Crippen LogP contribution >= 0.6 is 0 Å². The van der Waals surface area contributed by atoms with Crippen LogP contribution in [-0.4, -0.2) is 70.5 Å². The zero-order chi connectivity index (χ0) is 21.6. The predicted octanol–water partition coefficient (Wildman–Crippen LogP) is 3.26. The van der Waals surface area contributed by atoms with E-state index in [1.165, 1.54) is 0 Å². The summed E-state index contributed by atoms with van der Waals surface area (Å²) >= 11 is 0. The van der Waals surface area contributed by atoms with Gasteiger partial charge in [-0.3, -0.25) is 4.79 Å². The Balaban J connectivity index is 1.42. The highest BCUT2D eigenvalue weighted by molar-refractivity contribution is 5.95. The van der Waals surface area contributed by atoms with Gasteiger partial charge in [0.05, 0.1) is 27.4 Å². The molecule has 0 aromatic heterocycles. The summed E-state index contributed by atoms with van der Waals surface area (Å²) in [5.74, 6) is 1.48. The molecule has 7 heteroatoms. The molecule has 1 unspecified atom stereocenters. The van der Waals surface area contributed by atoms with E-state index >= 15 is 0 Å². The van der Waals surface area contributed by atoms with E-state index < -0.39 is 0 Å². The van der Waals surface area contributed by atoms with E-state index in [0.717, 1.165) is 62.6 Å². The van der Waals surface area contributed by atoms with Crippen LogP contribution in [0.1, 0.15) is 23.2 Å². The Labute approximate surface area is 183 Å². The first-order valence-corrected chi connectivity index (χ1v) is 10.9. The van der Waals surface area contributed by atoms with Crippen molar-refractivity contribution in [3.05, 3.63) is 48.0 Å². The van der Waals surface area contributed by atoms with Crippen LogP contribution in [0.4, 0.5) is 11.4 Å². The van der Waals surface area contributed by atoms with Crippen molar-refractivity contribution >= 4 is 17.3 Å². The molecule has 2 aromatic carbocycles. The van der Waals surface area contributed by atoms with Gasteiger partial charge < -0.3 is 29.3 Å². The topological polar surface area (TPSA) is 63.3 Å². The van der Waals surface area contributed by atoms with E-state index in [4.69, 9.17) is 14.2 Å². The first kappa shape index (κ1) is 21.3. The van der Waals surface area contributed by atoms with E-state index in [1.54, 1.807) is 14.2 Å². The number of amides is 1. The molecule has 2 aliphatic rings. The summed E-state index contributed by atoms with van der Waals surface area (Å²) in [6.07, 6.45) is 1.99. The summed E-state index contributed by atoms with van der Waals surface area (Å²) in [4.78, 5) is 17.5. The maximum Gasteiger partial charge on any atom is 0.253 e. The van der Waals surface area contributed by atoms with E-state index in [0.29, 0.717) is 18.0 Å². The van der Waals surface area contributed by atoms with Gasteiger partial charge in [-0.2, -0.15) is 0 Å². The summed E-state index contributed by atoms with van der Waals surface area (Å²) < 4.78 is 16.2. The number of hydrogen-bond donors (Lipinski definition) is 1. The highest BCUT2D eigenvalue weighted by Crippen LogP contribution is 2.30. The Bertz CT molecular complexity index is 898. The number of benzene rings is 2. The Morgan fingerprint density at radius 3 is 2.61 bits per heavy atom. The Morgan fingerprint density at radius 1 is 1.03 bits per heavy atom. The van der Waals surface area contributed by atoms with E-state index in [1.807, 2.05) is 41.3 Å².